The van der Waals surface area contributed by atoms with Gasteiger partial charge in [0.25, 0.3) is 0 Å². The molecule has 1 aliphatic rings. The van der Waals surface area contributed by atoms with Crippen LogP contribution in [0.1, 0.15) is 25.5 Å². The van der Waals surface area contributed by atoms with Gasteiger partial charge in [-0.3, -0.25) is 0 Å². The summed E-state index contributed by atoms with van der Waals surface area (Å²) >= 11 is 0. The van der Waals surface area contributed by atoms with Gasteiger partial charge in [-0.1, -0.05) is 25.1 Å². The SMILES string of the molecule is CCNC(C)c1ccccc1OC1CS(=O)(=O)CC1O. The number of sulfone groups is 1. The van der Waals surface area contributed by atoms with Crippen molar-refractivity contribution in [2.75, 3.05) is 18.1 Å². The standard InChI is InChI=1S/C14H21NO4S/c1-3-15-10(2)11-6-4-5-7-13(11)19-14-9-20(17,18)8-12(14)16/h4-7,10,12,14-16H,3,8-9H2,1-2H3. The summed E-state index contributed by atoms with van der Waals surface area (Å²) in [5, 5.41) is 13.1. The molecule has 3 unspecified atom stereocenters. The monoisotopic (exact) mass is 299 g/mol. The molecule has 1 aromatic carbocycles. The van der Waals surface area contributed by atoms with Crippen molar-refractivity contribution in [3.63, 3.8) is 0 Å². The van der Waals surface area contributed by atoms with Gasteiger partial charge >= 0.3 is 0 Å². The molecule has 0 aromatic heterocycles. The second kappa shape index (κ2) is 6.11. The van der Waals surface area contributed by atoms with E-state index in [1.807, 2.05) is 32.0 Å². The molecule has 2 rings (SSSR count). The molecule has 1 heterocycles. The lowest BCUT2D eigenvalue weighted by molar-refractivity contribution is 0.0728. The highest BCUT2D eigenvalue weighted by atomic mass is 32.2. The Morgan fingerprint density at radius 3 is 2.70 bits per heavy atom. The summed E-state index contributed by atoms with van der Waals surface area (Å²) in [5.74, 6) is 0.280. The molecule has 1 saturated heterocycles. The molecule has 1 aromatic rings. The summed E-state index contributed by atoms with van der Waals surface area (Å²) in [7, 11) is -3.20. The van der Waals surface area contributed by atoms with Crippen molar-refractivity contribution in [3.05, 3.63) is 29.8 Å². The molecule has 0 spiro atoms. The fraction of sp³-hybridized carbons (Fsp3) is 0.571. The van der Waals surface area contributed by atoms with Gasteiger partial charge in [0.1, 0.15) is 18.0 Å². The quantitative estimate of drug-likeness (QED) is 0.844. The van der Waals surface area contributed by atoms with Crippen LogP contribution in [0.4, 0.5) is 0 Å². The van der Waals surface area contributed by atoms with E-state index in [-0.39, 0.29) is 17.5 Å². The second-order valence-electron chi connectivity index (χ2n) is 5.12. The Kier molecular flexibility index (Phi) is 4.67. The minimum Gasteiger partial charge on any atom is -0.486 e. The van der Waals surface area contributed by atoms with Crippen LogP contribution in [0.2, 0.25) is 0 Å². The largest absolute Gasteiger partial charge is 0.486 e. The van der Waals surface area contributed by atoms with Gasteiger partial charge in [-0.05, 0) is 19.5 Å². The summed E-state index contributed by atoms with van der Waals surface area (Å²) in [5.41, 5.74) is 0.964. The van der Waals surface area contributed by atoms with E-state index in [0.717, 1.165) is 12.1 Å². The maximum absolute atomic E-state index is 11.5. The Morgan fingerprint density at radius 1 is 1.40 bits per heavy atom. The minimum absolute atomic E-state index is 0.103. The fourth-order valence-corrected chi connectivity index (χ4v) is 4.10. The molecule has 0 aliphatic carbocycles. The van der Waals surface area contributed by atoms with Gasteiger partial charge in [0.05, 0.1) is 11.5 Å². The zero-order chi connectivity index (χ0) is 14.8. The lowest BCUT2D eigenvalue weighted by atomic mass is 10.1. The number of ether oxygens (including phenoxy) is 1. The third-order valence-electron chi connectivity index (χ3n) is 3.45. The van der Waals surface area contributed by atoms with Crippen molar-refractivity contribution in [2.45, 2.75) is 32.1 Å². The molecule has 0 radical (unpaired) electrons. The highest BCUT2D eigenvalue weighted by molar-refractivity contribution is 7.91. The molecule has 3 atom stereocenters. The predicted molar refractivity (Wildman–Crippen MR) is 77.6 cm³/mol. The Balaban J connectivity index is 2.18. The number of aliphatic hydroxyl groups excluding tert-OH is 1. The van der Waals surface area contributed by atoms with Gasteiger partial charge in [-0.2, -0.15) is 0 Å². The molecule has 1 fully saturated rings. The average molecular weight is 299 g/mol. The molecule has 112 valence electrons. The number of rotatable bonds is 5. The molecule has 0 amide bonds. The zero-order valence-corrected chi connectivity index (χ0v) is 12.6. The van der Waals surface area contributed by atoms with E-state index in [4.69, 9.17) is 4.74 Å². The predicted octanol–water partition coefficient (Wildman–Crippen LogP) is 0.894. The van der Waals surface area contributed by atoms with Crippen LogP contribution in [-0.4, -0.2) is 43.8 Å². The number of hydrogen-bond acceptors (Lipinski definition) is 5. The fourth-order valence-electron chi connectivity index (χ4n) is 2.43. The van der Waals surface area contributed by atoms with Gasteiger partial charge in [-0.15, -0.1) is 0 Å². The van der Waals surface area contributed by atoms with Gasteiger partial charge in [0.2, 0.25) is 0 Å². The summed E-state index contributed by atoms with van der Waals surface area (Å²) in [6, 6.07) is 7.61. The number of aliphatic hydroxyl groups is 1. The van der Waals surface area contributed by atoms with E-state index < -0.39 is 22.0 Å². The zero-order valence-electron chi connectivity index (χ0n) is 11.7. The van der Waals surface area contributed by atoms with Crippen molar-refractivity contribution in [3.8, 4) is 5.75 Å². The van der Waals surface area contributed by atoms with Crippen LogP contribution < -0.4 is 10.1 Å². The van der Waals surface area contributed by atoms with Crippen LogP contribution >= 0.6 is 0 Å². The maximum Gasteiger partial charge on any atom is 0.156 e. The third-order valence-corrected chi connectivity index (χ3v) is 5.13. The van der Waals surface area contributed by atoms with Gasteiger partial charge in [-0.25, -0.2) is 8.42 Å². The van der Waals surface area contributed by atoms with Crippen molar-refractivity contribution in [1.82, 2.24) is 5.32 Å². The number of para-hydroxylation sites is 1. The smallest absolute Gasteiger partial charge is 0.156 e. The van der Waals surface area contributed by atoms with Crippen LogP contribution in [0, 0.1) is 0 Å². The van der Waals surface area contributed by atoms with Crippen molar-refractivity contribution in [1.29, 1.82) is 0 Å². The highest BCUT2D eigenvalue weighted by Crippen LogP contribution is 2.28. The van der Waals surface area contributed by atoms with Crippen molar-refractivity contribution in [2.24, 2.45) is 0 Å². The highest BCUT2D eigenvalue weighted by Gasteiger charge is 2.38. The third kappa shape index (κ3) is 3.50. The molecule has 5 nitrogen and oxygen atoms in total. The molecular formula is C14H21NO4S. The van der Waals surface area contributed by atoms with E-state index in [9.17, 15) is 13.5 Å². The molecule has 1 aliphatic heterocycles. The normalized spacial score (nSPS) is 26.4. The maximum atomic E-state index is 11.5. The second-order valence-corrected chi connectivity index (χ2v) is 7.27. The van der Waals surface area contributed by atoms with Crippen LogP contribution in [0.25, 0.3) is 0 Å². The van der Waals surface area contributed by atoms with E-state index in [2.05, 4.69) is 5.32 Å². The molecule has 20 heavy (non-hydrogen) atoms. The molecule has 6 heteroatoms. The van der Waals surface area contributed by atoms with Crippen LogP contribution in [0.3, 0.4) is 0 Å². The van der Waals surface area contributed by atoms with E-state index in [1.54, 1.807) is 6.07 Å². The van der Waals surface area contributed by atoms with Crippen molar-refractivity contribution >= 4 is 9.84 Å². The summed E-state index contributed by atoms with van der Waals surface area (Å²) in [6.07, 6.45) is -1.64. The number of nitrogens with one attached hydrogen (secondary N) is 1. The van der Waals surface area contributed by atoms with E-state index in [1.165, 1.54) is 0 Å². The topological polar surface area (TPSA) is 75.6 Å². The Labute approximate surface area is 119 Å². The molecular weight excluding hydrogens is 278 g/mol. The first-order valence-corrected chi connectivity index (χ1v) is 8.62. The van der Waals surface area contributed by atoms with Crippen molar-refractivity contribution < 1.29 is 18.3 Å². The minimum atomic E-state index is -3.20. The van der Waals surface area contributed by atoms with Gasteiger partial charge < -0.3 is 15.2 Å². The van der Waals surface area contributed by atoms with Crippen LogP contribution in [-0.2, 0) is 9.84 Å². The average Bonchev–Trinajstić information content (AvgIpc) is 2.63. The first-order valence-electron chi connectivity index (χ1n) is 6.80. The summed E-state index contributed by atoms with van der Waals surface area (Å²) in [4.78, 5) is 0. The first kappa shape index (κ1) is 15.3. The van der Waals surface area contributed by atoms with Crippen LogP contribution in [0.5, 0.6) is 5.75 Å². The summed E-state index contributed by atoms with van der Waals surface area (Å²) < 4.78 is 28.8. The van der Waals surface area contributed by atoms with Gasteiger partial charge in [0.15, 0.2) is 9.84 Å². The summed E-state index contributed by atoms with van der Waals surface area (Å²) in [6.45, 7) is 4.87. The molecule has 0 bridgehead atoms. The number of benzene rings is 1. The van der Waals surface area contributed by atoms with Gasteiger partial charge in [0, 0.05) is 11.6 Å². The Hall–Kier alpha value is -1.11. The lowest BCUT2D eigenvalue weighted by Crippen LogP contribution is -2.30. The van der Waals surface area contributed by atoms with E-state index >= 15 is 0 Å². The first-order chi connectivity index (χ1) is 9.43. The number of hydrogen-bond donors (Lipinski definition) is 2. The lowest BCUT2D eigenvalue weighted by Gasteiger charge is -2.21. The Bertz CT molecular complexity index is 558. The van der Waals surface area contributed by atoms with Crippen LogP contribution in [0.15, 0.2) is 24.3 Å². The Morgan fingerprint density at radius 2 is 2.10 bits per heavy atom. The molecule has 0 saturated carbocycles. The molecule has 2 N–H and O–H groups in total. The van der Waals surface area contributed by atoms with E-state index in [0.29, 0.717) is 5.75 Å².